The maximum Gasteiger partial charge on any atom is 0.340 e. The summed E-state index contributed by atoms with van der Waals surface area (Å²) in [7, 11) is -3.53. The molecule has 0 spiro atoms. The summed E-state index contributed by atoms with van der Waals surface area (Å²) in [4.78, 5) is 25.0. The van der Waals surface area contributed by atoms with Crippen LogP contribution < -0.4 is 14.4 Å². The molecule has 154 valence electrons. The number of carbonyl (C=O) groups is 2. The normalized spacial score (nSPS) is 16.2. The van der Waals surface area contributed by atoms with Gasteiger partial charge in [0.05, 0.1) is 29.8 Å². The molecular formula is C20H22N2O6S. The van der Waals surface area contributed by atoms with E-state index < -0.39 is 28.0 Å². The zero-order chi connectivity index (χ0) is 21.0. The summed E-state index contributed by atoms with van der Waals surface area (Å²) >= 11 is 0. The molecule has 1 aliphatic rings. The molecular weight excluding hydrogens is 396 g/mol. The number of benzene rings is 2. The van der Waals surface area contributed by atoms with E-state index in [4.69, 9.17) is 9.47 Å². The van der Waals surface area contributed by atoms with Crippen molar-refractivity contribution < 1.29 is 27.5 Å². The van der Waals surface area contributed by atoms with E-state index >= 15 is 0 Å². The predicted molar refractivity (Wildman–Crippen MR) is 109 cm³/mol. The van der Waals surface area contributed by atoms with Gasteiger partial charge < -0.3 is 14.8 Å². The quantitative estimate of drug-likeness (QED) is 0.748. The smallest absolute Gasteiger partial charge is 0.340 e. The zero-order valence-corrected chi connectivity index (χ0v) is 16.9. The number of ether oxygens (including phenoxy) is 2. The van der Waals surface area contributed by atoms with Gasteiger partial charge in [-0.25, -0.2) is 13.2 Å². The Labute approximate surface area is 169 Å². The van der Waals surface area contributed by atoms with Crippen LogP contribution in [0.3, 0.4) is 0 Å². The number of esters is 1. The number of hydrogen-bond donors (Lipinski definition) is 1. The number of amides is 1. The molecule has 2 aromatic carbocycles. The third-order valence-electron chi connectivity index (χ3n) is 4.37. The lowest BCUT2D eigenvalue weighted by atomic mass is 10.1. The lowest BCUT2D eigenvalue weighted by Gasteiger charge is -2.20. The van der Waals surface area contributed by atoms with Crippen LogP contribution >= 0.6 is 0 Å². The van der Waals surface area contributed by atoms with Crippen LogP contribution in [0.2, 0.25) is 0 Å². The number of carbonyl (C=O) groups excluding carboxylic acids is 2. The Kier molecular flexibility index (Phi) is 6.07. The third kappa shape index (κ3) is 4.68. The Morgan fingerprint density at radius 2 is 1.86 bits per heavy atom. The molecule has 3 rings (SSSR count). The number of anilines is 2. The van der Waals surface area contributed by atoms with Gasteiger partial charge in [-0.05, 0) is 31.2 Å². The van der Waals surface area contributed by atoms with E-state index in [-0.39, 0.29) is 25.1 Å². The van der Waals surface area contributed by atoms with Crippen molar-refractivity contribution in [3.8, 4) is 5.75 Å². The highest BCUT2D eigenvalue weighted by molar-refractivity contribution is 7.92. The van der Waals surface area contributed by atoms with Crippen molar-refractivity contribution >= 4 is 33.3 Å². The van der Waals surface area contributed by atoms with Crippen molar-refractivity contribution in [2.75, 3.05) is 29.0 Å². The number of nitrogens with zero attached hydrogens (tertiary/aromatic N) is 1. The van der Waals surface area contributed by atoms with Gasteiger partial charge in [0.25, 0.3) is 5.91 Å². The molecule has 9 heteroatoms. The first-order chi connectivity index (χ1) is 13.8. The van der Waals surface area contributed by atoms with Crippen LogP contribution in [-0.4, -0.2) is 45.8 Å². The van der Waals surface area contributed by atoms with Crippen molar-refractivity contribution in [2.45, 2.75) is 19.4 Å². The molecule has 0 radical (unpaired) electrons. The fraction of sp³-hybridized carbons (Fsp3) is 0.300. The Balaban J connectivity index is 1.84. The Hall–Kier alpha value is -3.07. The fourth-order valence-electron chi connectivity index (χ4n) is 3.05. The van der Waals surface area contributed by atoms with Crippen molar-refractivity contribution in [2.24, 2.45) is 0 Å². The molecule has 8 nitrogen and oxygen atoms in total. The van der Waals surface area contributed by atoms with Crippen molar-refractivity contribution in [3.63, 3.8) is 0 Å². The number of rotatable bonds is 5. The molecule has 0 unspecified atom stereocenters. The molecule has 0 aromatic heterocycles. The standard InChI is InChI=1S/C20H22N2O6S/c1-3-27-20(24)14-8-4-5-9-15(14)21-19(23)18-12-13-22(29(2,25)26)16-10-6-7-11-17(16)28-18/h4-11,18H,3,12-13H2,1-2H3,(H,21,23)/t18-/m0/s1. The fourth-order valence-corrected chi connectivity index (χ4v) is 4.00. The molecule has 0 saturated carbocycles. The lowest BCUT2D eigenvalue weighted by molar-refractivity contribution is -0.122. The Bertz CT molecular complexity index is 1020. The van der Waals surface area contributed by atoms with E-state index in [9.17, 15) is 18.0 Å². The van der Waals surface area contributed by atoms with Crippen LogP contribution in [0.5, 0.6) is 5.75 Å². The van der Waals surface area contributed by atoms with Gasteiger partial charge in [-0.2, -0.15) is 0 Å². The van der Waals surface area contributed by atoms with Crippen LogP contribution in [-0.2, 0) is 19.6 Å². The molecule has 0 fully saturated rings. The summed E-state index contributed by atoms with van der Waals surface area (Å²) in [6, 6.07) is 13.2. The third-order valence-corrected chi connectivity index (χ3v) is 5.55. The van der Waals surface area contributed by atoms with Crippen molar-refractivity contribution in [3.05, 3.63) is 54.1 Å². The van der Waals surface area contributed by atoms with E-state index in [1.54, 1.807) is 55.5 Å². The highest BCUT2D eigenvalue weighted by Gasteiger charge is 2.31. The van der Waals surface area contributed by atoms with E-state index in [2.05, 4.69) is 5.32 Å². The number of sulfonamides is 1. The average molecular weight is 418 g/mol. The Morgan fingerprint density at radius 3 is 2.59 bits per heavy atom. The SMILES string of the molecule is CCOC(=O)c1ccccc1NC(=O)[C@@H]1CCN(S(C)(=O)=O)c2ccccc2O1. The molecule has 1 amide bonds. The summed E-state index contributed by atoms with van der Waals surface area (Å²) in [5.41, 5.74) is 0.920. The second-order valence-corrected chi connectivity index (χ2v) is 8.36. The number of nitrogens with one attached hydrogen (secondary N) is 1. The van der Waals surface area contributed by atoms with E-state index in [1.165, 1.54) is 4.31 Å². The summed E-state index contributed by atoms with van der Waals surface area (Å²) in [5.74, 6) is -0.722. The van der Waals surface area contributed by atoms with Crippen LogP contribution in [0.1, 0.15) is 23.7 Å². The highest BCUT2D eigenvalue weighted by atomic mass is 32.2. The molecule has 0 aliphatic carbocycles. The first kappa shape index (κ1) is 20.7. The van der Waals surface area contributed by atoms with Gasteiger partial charge in [0.15, 0.2) is 6.10 Å². The molecule has 2 aromatic rings. The topological polar surface area (TPSA) is 102 Å². The van der Waals surface area contributed by atoms with Gasteiger partial charge in [0, 0.05) is 13.0 Å². The second kappa shape index (κ2) is 8.52. The zero-order valence-electron chi connectivity index (χ0n) is 16.1. The molecule has 1 atom stereocenters. The van der Waals surface area contributed by atoms with Crippen molar-refractivity contribution in [1.82, 2.24) is 0 Å². The molecule has 1 aliphatic heterocycles. The molecule has 1 N–H and O–H groups in total. The van der Waals surface area contributed by atoms with Gasteiger partial charge in [-0.3, -0.25) is 9.10 Å². The molecule has 1 heterocycles. The minimum Gasteiger partial charge on any atom is -0.478 e. The number of hydrogen-bond acceptors (Lipinski definition) is 6. The lowest BCUT2D eigenvalue weighted by Crippen LogP contribution is -2.36. The van der Waals surface area contributed by atoms with Crippen molar-refractivity contribution in [1.29, 1.82) is 0 Å². The predicted octanol–water partition coefficient (Wildman–Crippen LogP) is 2.42. The maximum absolute atomic E-state index is 12.9. The second-order valence-electron chi connectivity index (χ2n) is 6.45. The van der Waals surface area contributed by atoms with E-state index in [0.717, 1.165) is 6.26 Å². The van der Waals surface area contributed by atoms with Gasteiger partial charge in [-0.1, -0.05) is 24.3 Å². The van der Waals surface area contributed by atoms with Gasteiger partial charge in [0.2, 0.25) is 10.0 Å². The van der Waals surface area contributed by atoms with E-state index in [1.807, 2.05) is 0 Å². The van der Waals surface area contributed by atoms with E-state index in [0.29, 0.717) is 17.1 Å². The molecule has 29 heavy (non-hydrogen) atoms. The summed E-state index contributed by atoms with van der Waals surface area (Å²) in [5, 5.41) is 2.70. The van der Waals surface area contributed by atoms with Crippen LogP contribution in [0.25, 0.3) is 0 Å². The summed E-state index contributed by atoms with van der Waals surface area (Å²) in [6.07, 6.45) is 0.327. The average Bonchev–Trinajstić information content (AvgIpc) is 2.88. The summed E-state index contributed by atoms with van der Waals surface area (Å²) < 4.78 is 36.4. The maximum atomic E-state index is 12.9. The largest absolute Gasteiger partial charge is 0.478 e. The first-order valence-corrected chi connectivity index (χ1v) is 11.0. The highest BCUT2D eigenvalue weighted by Crippen LogP contribution is 2.34. The number of fused-ring (bicyclic) bond motifs is 1. The van der Waals surface area contributed by atoms with Crippen LogP contribution in [0, 0.1) is 0 Å². The number of para-hydroxylation sites is 3. The monoisotopic (exact) mass is 418 g/mol. The van der Waals surface area contributed by atoms with Gasteiger partial charge >= 0.3 is 5.97 Å². The molecule has 0 bridgehead atoms. The minimum atomic E-state index is -3.53. The van der Waals surface area contributed by atoms with Gasteiger partial charge in [-0.15, -0.1) is 0 Å². The van der Waals surface area contributed by atoms with Crippen LogP contribution in [0.15, 0.2) is 48.5 Å². The first-order valence-electron chi connectivity index (χ1n) is 9.11. The Morgan fingerprint density at radius 1 is 1.17 bits per heavy atom. The van der Waals surface area contributed by atoms with Crippen LogP contribution in [0.4, 0.5) is 11.4 Å². The summed E-state index contributed by atoms with van der Waals surface area (Å²) in [6.45, 7) is 2.00. The van der Waals surface area contributed by atoms with Gasteiger partial charge in [0.1, 0.15) is 5.75 Å². The minimum absolute atomic E-state index is 0.0907. The molecule has 0 saturated heterocycles.